The van der Waals surface area contributed by atoms with E-state index in [0.717, 1.165) is 24.2 Å². The summed E-state index contributed by atoms with van der Waals surface area (Å²) >= 11 is 0. The standard InChI is InChI=1S/C16H15N3O2/c17-10-2-4-12-9(7-10)1-5-13(12)18-11-3-6-15-14(8-11)19-16(20)21-15/h2-4,6-8,13,18H,1,5,17H2,(H,19,20). The summed E-state index contributed by atoms with van der Waals surface area (Å²) in [5.41, 5.74) is 11.5. The summed E-state index contributed by atoms with van der Waals surface area (Å²) in [5, 5.41) is 3.51. The van der Waals surface area contributed by atoms with Crippen molar-refractivity contribution >= 4 is 22.5 Å². The zero-order valence-corrected chi connectivity index (χ0v) is 11.3. The summed E-state index contributed by atoms with van der Waals surface area (Å²) in [6.07, 6.45) is 2.07. The van der Waals surface area contributed by atoms with Gasteiger partial charge in [-0.2, -0.15) is 0 Å². The number of anilines is 2. The van der Waals surface area contributed by atoms with E-state index < -0.39 is 5.76 Å². The molecule has 3 aromatic rings. The van der Waals surface area contributed by atoms with Crippen LogP contribution in [0.15, 0.2) is 45.6 Å². The van der Waals surface area contributed by atoms with E-state index in [4.69, 9.17) is 10.2 Å². The number of hydrogen-bond acceptors (Lipinski definition) is 4. The van der Waals surface area contributed by atoms with Crippen molar-refractivity contribution in [2.24, 2.45) is 0 Å². The Morgan fingerprint density at radius 1 is 1.24 bits per heavy atom. The number of aryl methyl sites for hydroxylation is 1. The first kappa shape index (κ1) is 12.1. The Labute approximate surface area is 120 Å². The van der Waals surface area contributed by atoms with Crippen LogP contribution in [0.2, 0.25) is 0 Å². The molecule has 0 amide bonds. The molecule has 4 rings (SSSR count). The summed E-state index contributed by atoms with van der Waals surface area (Å²) in [5.74, 6) is -0.427. The maximum Gasteiger partial charge on any atom is 0.417 e. The van der Waals surface area contributed by atoms with Crippen LogP contribution in [0.4, 0.5) is 11.4 Å². The van der Waals surface area contributed by atoms with Gasteiger partial charge in [0.05, 0.1) is 11.6 Å². The van der Waals surface area contributed by atoms with Crippen molar-refractivity contribution in [2.75, 3.05) is 11.1 Å². The monoisotopic (exact) mass is 281 g/mol. The molecule has 1 atom stereocenters. The quantitative estimate of drug-likeness (QED) is 0.631. The second-order valence-corrected chi connectivity index (χ2v) is 5.42. The molecule has 106 valence electrons. The highest BCUT2D eigenvalue weighted by atomic mass is 16.4. The smallest absolute Gasteiger partial charge is 0.408 e. The first-order valence-corrected chi connectivity index (χ1v) is 6.97. The van der Waals surface area contributed by atoms with Crippen LogP contribution in [-0.4, -0.2) is 4.98 Å². The van der Waals surface area contributed by atoms with Crippen molar-refractivity contribution in [2.45, 2.75) is 18.9 Å². The van der Waals surface area contributed by atoms with Crippen LogP contribution < -0.4 is 16.8 Å². The lowest BCUT2D eigenvalue weighted by Crippen LogP contribution is -2.07. The first-order valence-electron chi connectivity index (χ1n) is 6.97. The molecule has 0 fully saturated rings. The van der Waals surface area contributed by atoms with E-state index in [1.54, 1.807) is 6.07 Å². The predicted molar refractivity (Wildman–Crippen MR) is 82.4 cm³/mol. The molecule has 1 heterocycles. The van der Waals surface area contributed by atoms with Crippen LogP contribution in [0.25, 0.3) is 11.1 Å². The summed E-state index contributed by atoms with van der Waals surface area (Å²) in [6.45, 7) is 0. The molecule has 5 nitrogen and oxygen atoms in total. The minimum Gasteiger partial charge on any atom is -0.408 e. The third-order valence-corrected chi connectivity index (χ3v) is 4.00. The van der Waals surface area contributed by atoms with Gasteiger partial charge in [0.1, 0.15) is 0 Å². The highest BCUT2D eigenvalue weighted by molar-refractivity contribution is 5.77. The number of oxazole rings is 1. The Morgan fingerprint density at radius 2 is 2.14 bits per heavy atom. The number of fused-ring (bicyclic) bond motifs is 2. The average molecular weight is 281 g/mol. The Hall–Kier alpha value is -2.69. The SMILES string of the molecule is Nc1ccc2c(c1)CCC2Nc1ccc2oc(=O)[nH]c2c1. The van der Waals surface area contributed by atoms with Crippen LogP contribution >= 0.6 is 0 Å². The minimum absolute atomic E-state index is 0.275. The van der Waals surface area contributed by atoms with Crippen molar-refractivity contribution in [1.82, 2.24) is 4.98 Å². The maximum atomic E-state index is 11.2. The predicted octanol–water partition coefficient (Wildman–Crippen LogP) is 2.80. The number of nitrogens with one attached hydrogen (secondary N) is 2. The second kappa shape index (κ2) is 4.41. The van der Waals surface area contributed by atoms with Crippen LogP contribution in [0.1, 0.15) is 23.6 Å². The number of aromatic amines is 1. The summed E-state index contributed by atoms with van der Waals surface area (Å²) in [4.78, 5) is 13.9. The first-order chi connectivity index (χ1) is 10.2. The fourth-order valence-electron chi connectivity index (χ4n) is 3.03. The Balaban J connectivity index is 1.65. The largest absolute Gasteiger partial charge is 0.417 e. The molecule has 0 saturated heterocycles. The lowest BCUT2D eigenvalue weighted by molar-refractivity contribution is 0.555. The van der Waals surface area contributed by atoms with Gasteiger partial charge in [-0.1, -0.05) is 6.07 Å². The van der Waals surface area contributed by atoms with Crippen molar-refractivity contribution in [3.8, 4) is 0 Å². The molecule has 2 aromatic carbocycles. The third kappa shape index (κ3) is 2.07. The molecule has 0 bridgehead atoms. The fourth-order valence-corrected chi connectivity index (χ4v) is 3.03. The van der Waals surface area contributed by atoms with Gasteiger partial charge >= 0.3 is 5.76 Å². The summed E-state index contributed by atoms with van der Waals surface area (Å²) in [6, 6.07) is 12.0. The number of nitrogens with two attached hydrogens (primary N) is 1. The fraction of sp³-hybridized carbons (Fsp3) is 0.188. The molecule has 0 saturated carbocycles. The normalized spacial score (nSPS) is 17.0. The number of rotatable bonds is 2. The number of aromatic nitrogens is 1. The van der Waals surface area contributed by atoms with Crippen LogP contribution in [0, 0.1) is 0 Å². The molecule has 1 aromatic heterocycles. The van der Waals surface area contributed by atoms with Gasteiger partial charge in [0, 0.05) is 11.4 Å². The third-order valence-electron chi connectivity index (χ3n) is 4.00. The minimum atomic E-state index is -0.427. The molecule has 21 heavy (non-hydrogen) atoms. The molecule has 1 aliphatic rings. The highest BCUT2D eigenvalue weighted by Crippen LogP contribution is 2.35. The van der Waals surface area contributed by atoms with Gasteiger partial charge in [0.15, 0.2) is 5.58 Å². The number of benzene rings is 2. The second-order valence-electron chi connectivity index (χ2n) is 5.42. The molecule has 5 heteroatoms. The lowest BCUT2D eigenvalue weighted by Gasteiger charge is -2.15. The number of nitrogen functional groups attached to an aromatic ring is 1. The van der Waals surface area contributed by atoms with E-state index in [1.165, 1.54) is 11.1 Å². The zero-order valence-electron chi connectivity index (χ0n) is 11.3. The van der Waals surface area contributed by atoms with E-state index in [0.29, 0.717) is 11.1 Å². The molecule has 0 radical (unpaired) electrons. The van der Waals surface area contributed by atoms with E-state index in [1.807, 2.05) is 24.3 Å². The van der Waals surface area contributed by atoms with Crippen molar-refractivity contribution < 1.29 is 4.42 Å². The van der Waals surface area contributed by atoms with Gasteiger partial charge in [-0.25, -0.2) is 4.79 Å². The highest BCUT2D eigenvalue weighted by Gasteiger charge is 2.22. The Kier molecular flexibility index (Phi) is 2.54. The molecule has 0 aliphatic heterocycles. The molecule has 1 unspecified atom stereocenters. The topological polar surface area (TPSA) is 84.0 Å². The van der Waals surface area contributed by atoms with Gasteiger partial charge in [-0.15, -0.1) is 0 Å². The van der Waals surface area contributed by atoms with E-state index in [9.17, 15) is 4.79 Å². The van der Waals surface area contributed by atoms with Crippen molar-refractivity contribution in [3.63, 3.8) is 0 Å². The summed E-state index contributed by atoms with van der Waals surface area (Å²) in [7, 11) is 0. The average Bonchev–Trinajstić information content (AvgIpc) is 3.01. The molecular weight excluding hydrogens is 266 g/mol. The van der Waals surface area contributed by atoms with Gasteiger partial charge < -0.3 is 15.5 Å². The molecule has 1 aliphatic carbocycles. The van der Waals surface area contributed by atoms with Gasteiger partial charge in [-0.05, 0) is 54.3 Å². The van der Waals surface area contributed by atoms with E-state index in [2.05, 4.69) is 16.4 Å². The Bertz CT molecular complexity index is 879. The van der Waals surface area contributed by atoms with Crippen LogP contribution in [-0.2, 0) is 6.42 Å². The Morgan fingerprint density at radius 3 is 3.05 bits per heavy atom. The number of hydrogen-bond donors (Lipinski definition) is 3. The summed E-state index contributed by atoms with van der Waals surface area (Å²) < 4.78 is 5.01. The molecule has 0 spiro atoms. The zero-order chi connectivity index (χ0) is 14.4. The van der Waals surface area contributed by atoms with Crippen LogP contribution in [0.3, 0.4) is 0 Å². The van der Waals surface area contributed by atoms with Crippen molar-refractivity contribution in [3.05, 3.63) is 58.1 Å². The van der Waals surface area contributed by atoms with E-state index in [-0.39, 0.29) is 6.04 Å². The van der Waals surface area contributed by atoms with Crippen molar-refractivity contribution in [1.29, 1.82) is 0 Å². The molecule has 4 N–H and O–H groups in total. The van der Waals surface area contributed by atoms with Gasteiger partial charge in [-0.3, -0.25) is 4.98 Å². The van der Waals surface area contributed by atoms with Crippen LogP contribution in [0.5, 0.6) is 0 Å². The van der Waals surface area contributed by atoms with Gasteiger partial charge in [0.25, 0.3) is 0 Å². The lowest BCUT2D eigenvalue weighted by atomic mass is 10.1. The van der Waals surface area contributed by atoms with E-state index >= 15 is 0 Å². The molecular formula is C16H15N3O2. The number of H-pyrrole nitrogens is 1. The maximum absolute atomic E-state index is 11.2. The van der Waals surface area contributed by atoms with Gasteiger partial charge in [0.2, 0.25) is 0 Å².